The highest BCUT2D eigenvalue weighted by Gasteiger charge is 2.36. The van der Waals surface area contributed by atoms with Crippen LogP contribution in [0.4, 0.5) is 0 Å². The van der Waals surface area contributed by atoms with E-state index < -0.39 is 108 Å². The molecule has 4 aromatic rings. The lowest BCUT2D eigenvalue weighted by Gasteiger charge is -2.29. The first-order valence-electron chi connectivity index (χ1n) is 23.5. The Balaban J connectivity index is 1.56. The first-order chi connectivity index (χ1) is 34.1. The molecule has 1 aliphatic heterocycles. The number of amides is 7. The topological polar surface area (TPSA) is 332 Å². The summed E-state index contributed by atoms with van der Waals surface area (Å²) in [6.07, 6.45) is -0.156. The highest BCUT2D eigenvalue weighted by molar-refractivity contribution is 8.76. The van der Waals surface area contributed by atoms with Gasteiger partial charge in [-0.05, 0) is 68.8 Å². The number of rotatable bonds is 17. The Morgan fingerprint density at radius 1 is 0.718 bits per heavy atom. The van der Waals surface area contributed by atoms with Crippen LogP contribution in [0, 0.1) is 0 Å². The van der Waals surface area contributed by atoms with Crippen molar-refractivity contribution in [2.75, 3.05) is 24.7 Å². The van der Waals surface area contributed by atoms with Gasteiger partial charge in [-0.2, -0.15) is 0 Å². The Kier molecular flexibility index (Phi) is 22.2. The summed E-state index contributed by atoms with van der Waals surface area (Å²) >= 11 is 0. The molecule has 5 rings (SSSR count). The number of aliphatic hydroxyl groups is 3. The quantitative estimate of drug-likeness (QED) is 0.0455. The second kappa shape index (κ2) is 28.1. The number of carbonyl (C=O) groups is 7. The average Bonchev–Trinajstić information content (AvgIpc) is 3.76. The van der Waals surface area contributed by atoms with Crippen LogP contribution in [-0.2, 0) is 52.8 Å². The van der Waals surface area contributed by atoms with Crippen LogP contribution in [0.1, 0.15) is 49.8 Å². The minimum Gasteiger partial charge on any atom is -0.394 e. The zero-order valence-corrected chi connectivity index (χ0v) is 41.3. The van der Waals surface area contributed by atoms with Gasteiger partial charge in [0, 0.05) is 41.4 Å². The smallest absolute Gasteiger partial charge is 0.245 e. The van der Waals surface area contributed by atoms with Crippen molar-refractivity contribution in [3.05, 3.63) is 108 Å². The van der Waals surface area contributed by atoms with Crippen LogP contribution in [0.25, 0.3) is 10.9 Å². The molecule has 384 valence electrons. The summed E-state index contributed by atoms with van der Waals surface area (Å²) < 4.78 is 0. The second-order valence-electron chi connectivity index (χ2n) is 17.5. The molecule has 0 radical (unpaired) electrons. The molecule has 0 bridgehead atoms. The Labute approximate surface area is 420 Å². The Morgan fingerprint density at radius 3 is 1.96 bits per heavy atom. The molecule has 1 fully saturated rings. The van der Waals surface area contributed by atoms with Gasteiger partial charge in [-0.25, -0.2) is 0 Å². The SMILES string of the molecule is C[C@@H](O)[C@@H]1NC(=O)C(CCCCN)NC(=O)[C@@H](Cc2c[nH]c3ccccc23)NC(=O)C(Cc2ccccc2)NC(=O)C(NC(=O)[C@H](N)Cc2ccccc2)CSSCC(C(=O)N[C@H](CO)[C@@H](C)O)NC1=O. The second-order valence-corrected chi connectivity index (χ2v) is 20.0. The molecule has 71 heavy (non-hydrogen) atoms. The molecule has 4 unspecified atom stereocenters. The van der Waals surface area contributed by atoms with E-state index in [2.05, 4.69) is 42.2 Å². The Bertz CT molecular complexity index is 2400. The number of unbranched alkanes of at least 4 members (excludes halogenated alkanes) is 1. The van der Waals surface area contributed by atoms with Crippen molar-refractivity contribution in [1.82, 2.24) is 42.2 Å². The molecule has 7 amide bonds. The van der Waals surface area contributed by atoms with E-state index in [0.29, 0.717) is 24.0 Å². The first kappa shape index (κ1) is 55.9. The summed E-state index contributed by atoms with van der Waals surface area (Å²) in [4.78, 5) is 103. The van der Waals surface area contributed by atoms with Gasteiger partial charge in [0.1, 0.15) is 36.3 Å². The fourth-order valence-electron chi connectivity index (χ4n) is 7.73. The van der Waals surface area contributed by atoms with Gasteiger partial charge in [0.25, 0.3) is 0 Å². The van der Waals surface area contributed by atoms with Crippen LogP contribution in [0.5, 0.6) is 0 Å². The molecule has 2 heterocycles. The number of para-hydroxylation sites is 1. The van der Waals surface area contributed by atoms with Crippen LogP contribution in [0.15, 0.2) is 91.1 Å². The number of aromatic nitrogens is 1. The summed E-state index contributed by atoms with van der Waals surface area (Å²) in [6.45, 7) is 2.23. The van der Waals surface area contributed by atoms with Gasteiger partial charge in [-0.1, -0.05) is 100 Å². The van der Waals surface area contributed by atoms with Crippen LogP contribution >= 0.6 is 21.6 Å². The fourth-order valence-corrected chi connectivity index (χ4v) is 10.1. The van der Waals surface area contributed by atoms with Crippen molar-refractivity contribution < 1.29 is 48.9 Å². The monoisotopic (exact) mass is 1020 g/mol. The fraction of sp³-hybridized carbons (Fsp3) is 0.449. The summed E-state index contributed by atoms with van der Waals surface area (Å²) in [5.74, 6) is -6.01. The van der Waals surface area contributed by atoms with Crippen molar-refractivity contribution in [3.8, 4) is 0 Å². The number of H-pyrrole nitrogens is 1. The first-order valence-corrected chi connectivity index (χ1v) is 26.0. The van der Waals surface area contributed by atoms with Crippen LogP contribution in [-0.4, -0.2) is 147 Å². The summed E-state index contributed by atoms with van der Waals surface area (Å²) in [7, 11) is 2.06. The molecule has 0 saturated carbocycles. The van der Waals surface area contributed by atoms with Gasteiger partial charge in [0.05, 0.1) is 30.9 Å². The van der Waals surface area contributed by atoms with Crippen LogP contribution in [0.3, 0.4) is 0 Å². The standard InChI is InChI=1S/C49H66N10O10S2/c1-28(61)39(25-60)56-48(68)41-27-71-70-26-40(57-43(63)34(51)21-30-13-5-3-6-14-30)47(67)54-37(22-31-15-7-4-8-16-31)45(65)55-38(23-32-24-52-35-18-10-9-17-33(32)35)46(66)53-36(19-11-12-20-50)44(64)59-42(29(2)62)49(69)58-41/h3-10,13-18,24,28-29,34,36-42,52,60-62H,11-12,19-23,25-27,50-51H2,1-2H3,(H,53,66)(H,54,67)(H,55,65)(H,56,68)(H,57,63)(H,58,69)(H,59,64)/t28-,29-,34-,36?,37?,38-,39-,40?,41?,42+/m1/s1. The van der Waals surface area contributed by atoms with Crippen molar-refractivity contribution in [2.45, 2.75) is 113 Å². The van der Waals surface area contributed by atoms with Crippen molar-refractivity contribution in [1.29, 1.82) is 0 Å². The summed E-state index contributed by atoms with van der Waals surface area (Å²) in [6, 6.07) is 14.6. The molecular weight excluding hydrogens is 953 g/mol. The van der Waals surface area contributed by atoms with E-state index in [1.54, 1.807) is 60.8 Å². The van der Waals surface area contributed by atoms with E-state index in [0.717, 1.165) is 38.1 Å². The minimum absolute atomic E-state index is 0.0340. The molecule has 1 aliphatic rings. The molecule has 1 aromatic heterocycles. The maximum Gasteiger partial charge on any atom is 0.245 e. The van der Waals surface area contributed by atoms with Gasteiger partial charge < -0.3 is 69.0 Å². The van der Waals surface area contributed by atoms with E-state index >= 15 is 0 Å². The highest BCUT2D eigenvalue weighted by Crippen LogP contribution is 2.24. The lowest BCUT2D eigenvalue weighted by molar-refractivity contribution is -0.136. The van der Waals surface area contributed by atoms with Gasteiger partial charge in [-0.3, -0.25) is 33.6 Å². The van der Waals surface area contributed by atoms with Crippen molar-refractivity contribution >= 4 is 73.8 Å². The lowest BCUT2D eigenvalue weighted by atomic mass is 10.0. The number of benzene rings is 3. The zero-order valence-electron chi connectivity index (χ0n) is 39.7. The normalized spacial score (nSPS) is 22.8. The van der Waals surface area contributed by atoms with Crippen molar-refractivity contribution in [2.24, 2.45) is 11.5 Å². The van der Waals surface area contributed by atoms with E-state index in [1.807, 2.05) is 30.3 Å². The van der Waals surface area contributed by atoms with Gasteiger partial charge in [0.15, 0.2) is 0 Å². The molecule has 20 nitrogen and oxygen atoms in total. The molecular formula is C49H66N10O10S2. The summed E-state index contributed by atoms with van der Waals surface area (Å²) in [5, 5.41) is 50.5. The van der Waals surface area contributed by atoms with E-state index in [9.17, 15) is 48.9 Å². The molecule has 10 atom stereocenters. The average molecular weight is 1020 g/mol. The van der Waals surface area contributed by atoms with E-state index in [-0.39, 0.29) is 43.7 Å². The third-order valence-corrected chi connectivity index (χ3v) is 14.3. The van der Waals surface area contributed by atoms with Crippen molar-refractivity contribution in [3.63, 3.8) is 0 Å². The van der Waals surface area contributed by atoms with Gasteiger partial charge >= 0.3 is 0 Å². The predicted octanol–water partition coefficient (Wildman–Crippen LogP) is -0.805. The lowest BCUT2D eigenvalue weighted by Crippen LogP contribution is -2.62. The number of aromatic amines is 1. The maximum absolute atomic E-state index is 14.7. The Morgan fingerprint density at radius 2 is 1.31 bits per heavy atom. The van der Waals surface area contributed by atoms with Gasteiger partial charge in [0.2, 0.25) is 41.4 Å². The largest absolute Gasteiger partial charge is 0.394 e. The zero-order chi connectivity index (χ0) is 51.5. The maximum atomic E-state index is 14.7. The number of nitrogens with one attached hydrogen (secondary N) is 8. The third-order valence-electron chi connectivity index (χ3n) is 11.9. The number of nitrogens with two attached hydrogens (primary N) is 2. The van der Waals surface area contributed by atoms with Crippen LogP contribution < -0.4 is 48.7 Å². The van der Waals surface area contributed by atoms with E-state index in [4.69, 9.17) is 11.5 Å². The number of aliphatic hydroxyl groups excluding tert-OH is 3. The molecule has 0 aliphatic carbocycles. The molecule has 3 aromatic carbocycles. The number of carbonyl (C=O) groups excluding carboxylic acids is 7. The third kappa shape index (κ3) is 17.1. The summed E-state index contributed by atoms with van der Waals surface area (Å²) in [5.41, 5.74) is 15.0. The van der Waals surface area contributed by atoms with Gasteiger partial charge in [-0.15, -0.1) is 0 Å². The van der Waals surface area contributed by atoms with E-state index in [1.165, 1.54) is 13.8 Å². The van der Waals surface area contributed by atoms with Crippen LogP contribution in [0.2, 0.25) is 0 Å². The number of fused-ring (bicyclic) bond motifs is 1. The highest BCUT2D eigenvalue weighted by atomic mass is 33.1. The molecule has 0 spiro atoms. The molecule has 1 saturated heterocycles. The minimum atomic E-state index is -1.66. The molecule has 15 N–H and O–H groups in total. The number of hydrogen-bond donors (Lipinski definition) is 13. The Hall–Kier alpha value is -6.01. The molecule has 22 heteroatoms. The predicted molar refractivity (Wildman–Crippen MR) is 272 cm³/mol. The number of hydrogen-bond acceptors (Lipinski definition) is 14.